The number of para-hydroxylation sites is 1. The van der Waals surface area contributed by atoms with Crippen molar-refractivity contribution < 1.29 is 14.0 Å². The second-order valence-corrected chi connectivity index (χ2v) is 7.52. The zero-order valence-electron chi connectivity index (χ0n) is 16.7. The van der Waals surface area contributed by atoms with Crippen molar-refractivity contribution in [1.82, 2.24) is 15.1 Å². The molecule has 1 saturated heterocycles. The molecule has 154 valence electrons. The Labute approximate surface area is 174 Å². The number of carbonyl (C=O) groups is 2. The van der Waals surface area contributed by atoms with Gasteiger partial charge < -0.3 is 10.2 Å². The normalized spacial score (nSPS) is 14.5. The van der Waals surface area contributed by atoms with E-state index in [1.54, 1.807) is 18.2 Å². The number of halogens is 1. The van der Waals surface area contributed by atoms with E-state index in [2.05, 4.69) is 15.5 Å². The smallest absolute Gasteiger partial charge is 0.276 e. The first-order chi connectivity index (χ1) is 14.5. The van der Waals surface area contributed by atoms with Crippen molar-refractivity contribution in [2.24, 2.45) is 0 Å². The van der Waals surface area contributed by atoms with Crippen LogP contribution < -0.4 is 5.32 Å². The number of piperidine rings is 1. The maximum Gasteiger partial charge on any atom is 0.276 e. The second kappa shape index (κ2) is 8.49. The van der Waals surface area contributed by atoms with E-state index < -0.39 is 11.7 Å². The van der Waals surface area contributed by atoms with Crippen LogP contribution in [0.4, 0.5) is 10.1 Å². The van der Waals surface area contributed by atoms with Gasteiger partial charge in [0.15, 0.2) is 5.69 Å². The summed E-state index contributed by atoms with van der Waals surface area (Å²) < 4.78 is 13.7. The van der Waals surface area contributed by atoms with Gasteiger partial charge in [0.05, 0.1) is 5.69 Å². The van der Waals surface area contributed by atoms with E-state index in [0.717, 1.165) is 29.7 Å². The molecular formula is C23H23FN4O2. The lowest BCUT2D eigenvalue weighted by molar-refractivity contribution is 0.0711. The van der Waals surface area contributed by atoms with E-state index in [4.69, 9.17) is 0 Å². The highest BCUT2D eigenvalue weighted by atomic mass is 19.1. The molecule has 2 aromatic carbocycles. The Morgan fingerprint density at radius 1 is 1.10 bits per heavy atom. The van der Waals surface area contributed by atoms with Crippen molar-refractivity contribution in [3.05, 3.63) is 82.9 Å². The first-order valence-electron chi connectivity index (χ1n) is 9.99. The fourth-order valence-electron chi connectivity index (χ4n) is 3.79. The van der Waals surface area contributed by atoms with Crippen molar-refractivity contribution in [2.45, 2.75) is 25.7 Å². The molecule has 0 atom stereocenters. The Morgan fingerprint density at radius 3 is 2.53 bits per heavy atom. The van der Waals surface area contributed by atoms with Crippen LogP contribution in [0.15, 0.2) is 54.6 Å². The molecule has 0 unspecified atom stereocenters. The molecule has 2 heterocycles. The minimum Gasteiger partial charge on any atom is -0.339 e. The van der Waals surface area contributed by atoms with E-state index in [1.807, 2.05) is 36.1 Å². The number of nitrogens with one attached hydrogen (secondary N) is 2. The van der Waals surface area contributed by atoms with Crippen molar-refractivity contribution in [3.63, 3.8) is 0 Å². The van der Waals surface area contributed by atoms with Gasteiger partial charge in [-0.2, -0.15) is 5.10 Å². The number of aromatic amines is 1. The number of amides is 2. The van der Waals surface area contributed by atoms with Crippen LogP contribution in [0, 0.1) is 12.7 Å². The van der Waals surface area contributed by atoms with Gasteiger partial charge in [0.25, 0.3) is 11.8 Å². The number of aromatic nitrogens is 2. The van der Waals surface area contributed by atoms with Crippen LogP contribution in [-0.2, 0) is 0 Å². The van der Waals surface area contributed by atoms with E-state index in [9.17, 15) is 14.0 Å². The SMILES string of the molecule is Cc1ccccc1C(=O)N1CCC(c2cc(C(=O)Nc3ccccc3F)n[nH]2)CC1. The largest absolute Gasteiger partial charge is 0.339 e. The molecule has 2 N–H and O–H groups in total. The average Bonchev–Trinajstić information content (AvgIpc) is 3.26. The Morgan fingerprint density at radius 2 is 1.80 bits per heavy atom. The van der Waals surface area contributed by atoms with E-state index in [-0.39, 0.29) is 23.2 Å². The summed E-state index contributed by atoms with van der Waals surface area (Å²) in [6, 6.07) is 15.3. The number of rotatable bonds is 4. The summed E-state index contributed by atoms with van der Waals surface area (Å²) in [6.07, 6.45) is 1.57. The molecular weight excluding hydrogens is 383 g/mol. The van der Waals surface area contributed by atoms with Gasteiger partial charge in [-0.3, -0.25) is 14.7 Å². The third-order valence-corrected chi connectivity index (χ3v) is 5.55. The number of aryl methyl sites for hydroxylation is 1. The summed E-state index contributed by atoms with van der Waals surface area (Å²) in [7, 11) is 0. The molecule has 4 rings (SSSR count). The van der Waals surface area contributed by atoms with Gasteiger partial charge in [-0.15, -0.1) is 0 Å². The molecule has 3 aromatic rings. The highest BCUT2D eigenvalue weighted by molar-refractivity contribution is 6.03. The predicted octanol–water partition coefficient (Wildman–Crippen LogP) is 4.13. The third kappa shape index (κ3) is 4.10. The number of carbonyl (C=O) groups excluding carboxylic acids is 2. The molecule has 1 fully saturated rings. The molecule has 0 aliphatic carbocycles. The van der Waals surface area contributed by atoms with Gasteiger partial charge in [-0.1, -0.05) is 30.3 Å². The van der Waals surface area contributed by atoms with Gasteiger partial charge in [0, 0.05) is 30.3 Å². The van der Waals surface area contributed by atoms with E-state index >= 15 is 0 Å². The summed E-state index contributed by atoms with van der Waals surface area (Å²) in [6.45, 7) is 3.24. The topological polar surface area (TPSA) is 78.1 Å². The molecule has 1 aliphatic rings. The summed E-state index contributed by atoms with van der Waals surface area (Å²) >= 11 is 0. The van der Waals surface area contributed by atoms with Crippen LogP contribution in [0.5, 0.6) is 0 Å². The molecule has 2 amide bonds. The van der Waals surface area contributed by atoms with Gasteiger partial charge in [-0.05, 0) is 49.6 Å². The van der Waals surface area contributed by atoms with E-state index in [0.29, 0.717) is 13.1 Å². The molecule has 1 aromatic heterocycles. The van der Waals surface area contributed by atoms with Crippen molar-refractivity contribution in [1.29, 1.82) is 0 Å². The number of benzene rings is 2. The van der Waals surface area contributed by atoms with E-state index in [1.165, 1.54) is 12.1 Å². The molecule has 30 heavy (non-hydrogen) atoms. The maximum atomic E-state index is 13.7. The number of hydrogen-bond donors (Lipinski definition) is 2. The van der Waals surface area contributed by atoms with Gasteiger partial charge in [0.1, 0.15) is 5.82 Å². The average molecular weight is 406 g/mol. The number of H-pyrrole nitrogens is 1. The first kappa shape index (κ1) is 19.8. The van der Waals surface area contributed by atoms with Crippen LogP contribution in [-0.4, -0.2) is 40.0 Å². The Hall–Kier alpha value is -3.48. The van der Waals surface area contributed by atoms with Crippen LogP contribution in [0.2, 0.25) is 0 Å². The molecule has 0 bridgehead atoms. The minimum atomic E-state index is -0.493. The molecule has 6 nitrogen and oxygen atoms in total. The third-order valence-electron chi connectivity index (χ3n) is 5.55. The standard InChI is InChI=1S/C23H23FN4O2/c1-15-6-2-3-7-17(15)23(30)28-12-10-16(11-13-28)20-14-21(27-26-20)22(29)25-19-9-5-4-8-18(19)24/h2-9,14,16H,10-13H2,1H3,(H,25,29)(H,26,27). The Kier molecular flexibility index (Phi) is 5.61. The summed E-state index contributed by atoms with van der Waals surface area (Å²) in [4.78, 5) is 27.0. The fourth-order valence-corrected chi connectivity index (χ4v) is 3.79. The molecule has 7 heteroatoms. The van der Waals surface area contributed by atoms with Crippen molar-refractivity contribution >= 4 is 17.5 Å². The second-order valence-electron chi connectivity index (χ2n) is 7.52. The molecule has 0 saturated carbocycles. The first-order valence-corrected chi connectivity index (χ1v) is 9.99. The van der Waals surface area contributed by atoms with Crippen molar-refractivity contribution in [2.75, 3.05) is 18.4 Å². The van der Waals surface area contributed by atoms with Gasteiger partial charge in [-0.25, -0.2) is 4.39 Å². The zero-order chi connectivity index (χ0) is 21.1. The Bertz CT molecular complexity index is 1070. The molecule has 0 radical (unpaired) electrons. The van der Waals surface area contributed by atoms with Gasteiger partial charge in [0.2, 0.25) is 0 Å². The van der Waals surface area contributed by atoms with Crippen LogP contribution in [0.25, 0.3) is 0 Å². The zero-order valence-corrected chi connectivity index (χ0v) is 16.7. The van der Waals surface area contributed by atoms with Crippen LogP contribution >= 0.6 is 0 Å². The monoisotopic (exact) mass is 406 g/mol. The van der Waals surface area contributed by atoms with Crippen LogP contribution in [0.1, 0.15) is 50.9 Å². The molecule has 1 aliphatic heterocycles. The minimum absolute atomic E-state index is 0.0566. The lowest BCUT2D eigenvalue weighted by atomic mass is 9.93. The summed E-state index contributed by atoms with van der Waals surface area (Å²) in [5.74, 6) is -0.711. The lowest BCUT2D eigenvalue weighted by Crippen LogP contribution is -2.38. The quantitative estimate of drug-likeness (QED) is 0.684. The lowest BCUT2D eigenvalue weighted by Gasteiger charge is -2.31. The number of anilines is 1. The Balaban J connectivity index is 1.37. The number of hydrogen-bond acceptors (Lipinski definition) is 3. The van der Waals surface area contributed by atoms with Gasteiger partial charge >= 0.3 is 0 Å². The molecule has 0 spiro atoms. The van der Waals surface area contributed by atoms with Crippen LogP contribution in [0.3, 0.4) is 0 Å². The predicted molar refractivity (Wildman–Crippen MR) is 112 cm³/mol. The highest BCUT2D eigenvalue weighted by Gasteiger charge is 2.27. The summed E-state index contributed by atoms with van der Waals surface area (Å²) in [5, 5.41) is 9.56. The highest BCUT2D eigenvalue weighted by Crippen LogP contribution is 2.28. The summed E-state index contributed by atoms with van der Waals surface area (Å²) in [5.41, 5.74) is 2.91. The van der Waals surface area contributed by atoms with Crippen molar-refractivity contribution in [3.8, 4) is 0 Å². The fraction of sp³-hybridized carbons (Fsp3) is 0.261. The number of likely N-dealkylation sites (tertiary alicyclic amines) is 1. The number of nitrogens with zero attached hydrogens (tertiary/aromatic N) is 2. The maximum absolute atomic E-state index is 13.7.